The Hall–Kier alpha value is -0.995. The number of hydrogen-bond donors (Lipinski definition) is 0. The molecule has 1 unspecified atom stereocenters. The predicted molar refractivity (Wildman–Crippen MR) is 98.8 cm³/mol. The zero-order valence-electron chi connectivity index (χ0n) is 15.8. The summed E-state index contributed by atoms with van der Waals surface area (Å²) in [5.74, 6) is 1.55. The van der Waals surface area contributed by atoms with Gasteiger partial charge in [0.1, 0.15) is 5.75 Å². The van der Waals surface area contributed by atoms with Gasteiger partial charge >= 0.3 is 7.12 Å². The van der Waals surface area contributed by atoms with Crippen molar-refractivity contribution in [1.82, 2.24) is 0 Å². The number of benzene rings is 1. The first kappa shape index (κ1) is 17.8. The Morgan fingerprint density at radius 2 is 1.58 bits per heavy atom. The Morgan fingerprint density at radius 1 is 1.00 bits per heavy atom. The Labute approximate surface area is 147 Å². The molecule has 132 valence electrons. The molecule has 1 saturated carbocycles. The summed E-state index contributed by atoms with van der Waals surface area (Å²) in [5.41, 5.74) is 0.332. The molecule has 1 saturated heterocycles. The Balaban J connectivity index is 1.76. The van der Waals surface area contributed by atoms with Gasteiger partial charge in [0.25, 0.3) is 0 Å². The van der Waals surface area contributed by atoms with E-state index in [0.717, 1.165) is 11.2 Å². The molecule has 0 spiro atoms. The van der Waals surface area contributed by atoms with Gasteiger partial charge in [-0.3, -0.25) is 0 Å². The molecule has 2 aliphatic rings. The molecule has 2 fully saturated rings. The van der Waals surface area contributed by atoms with Crippen LogP contribution >= 0.6 is 0 Å². The second-order valence-corrected chi connectivity index (χ2v) is 8.35. The van der Waals surface area contributed by atoms with Crippen LogP contribution in [0.25, 0.3) is 0 Å². The van der Waals surface area contributed by atoms with Gasteiger partial charge in [-0.05, 0) is 59.4 Å². The molecule has 0 N–H and O–H groups in total. The highest BCUT2D eigenvalue weighted by atomic mass is 16.7. The van der Waals surface area contributed by atoms with Gasteiger partial charge in [-0.25, -0.2) is 0 Å². The van der Waals surface area contributed by atoms with Crippen LogP contribution in [0.3, 0.4) is 0 Å². The van der Waals surface area contributed by atoms with Crippen molar-refractivity contribution in [3.05, 3.63) is 24.3 Å². The lowest BCUT2D eigenvalue weighted by Crippen LogP contribution is -2.41. The van der Waals surface area contributed by atoms with Crippen LogP contribution in [0.1, 0.15) is 66.7 Å². The van der Waals surface area contributed by atoms with Gasteiger partial charge in [0.05, 0.1) is 17.3 Å². The van der Waals surface area contributed by atoms with Crippen molar-refractivity contribution in [2.75, 3.05) is 0 Å². The predicted octanol–water partition coefficient (Wildman–Crippen LogP) is 4.33. The van der Waals surface area contributed by atoms with Crippen LogP contribution in [0, 0.1) is 5.92 Å². The Bertz CT molecular complexity index is 548. The van der Waals surface area contributed by atoms with E-state index < -0.39 is 0 Å². The molecular formula is C20H31BO3. The van der Waals surface area contributed by atoms with Crippen molar-refractivity contribution < 1.29 is 14.0 Å². The highest BCUT2D eigenvalue weighted by Gasteiger charge is 2.52. The van der Waals surface area contributed by atoms with E-state index in [9.17, 15) is 0 Å². The van der Waals surface area contributed by atoms with Crippen molar-refractivity contribution in [2.24, 2.45) is 5.92 Å². The maximum Gasteiger partial charge on any atom is 0.498 e. The highest BCUT2D eigenvalue weighted by molar-refractivity contribution is 6.63. The van der Waals surface area contributed by atoms with Gasteiger partial charge in [-0.1, -0.05) is 37.5 Å². The van der Waals surface area contributed by atoms with Crippen LogP contribution in [0.5, 0.6) is 5.75 Å². The third-order valence-electron chi connectivity index (χ3n) is 6.05. The summed E-state index contributed by atoms with van der Waals surface area (Å²) in [6.45, 7) is 10.5. The van der Waals surface area contributed by atoms with E-state index in [1.54, 1.807) is 0 Å². The third-order valence-corrected chi connectivity index (χ3v) is 6.05. The van der Waals surface area contributed by atoms with E-state index in [-0.39, 0.29) is 24.4 Å². The van der Waals surface area contributed by atoms with Crippen molar-refractivity contribution >= 4 is 12.6 Å². The van der Waals surface area contributed by atoms with Crippen molar-refractivity contribution in [3.8, 4) is 5.75 Å². The summed E-state index contributed by atoms with van der Waals surface area (Å²) in [6.07, 6.45) is 6.82. The van der Waals surface area contributed by atoms with Gasteiger partial charge < -0.3 is 14.0 Å². The lowest BCUT2D eigenvalue weighted by Gasteiger charge is -2.32. The quantitative estimate of drug-likeness (QED) is 0.769. The minimum Gasteiger partial charge on any atom is -0.491 e. The van der Waals surface area contributed by atoms with E-state index in [1.807, 2.05) is 18.2 Å². The minimum absolute atomic E-state index is 0.230. The summed E-state index contributed by atoms with van der Waals surface area (Å²) in [5, 5.41) is 0. The molecule has 3 nitrogen and oxygen atoms in total. The van der Waals surface area contributed by atoms with Gasteiger partial charge in [0.2, 0.25) is 0 Å². The molecule has 0 amide bonds. The summed E-state index contributed by atoms with van der Waals surface area (Å²) in [7, 11) is -0.371. The average Bonchev–Trinajstić information content (AvgIpc) is 2.76. The summed E-state index contributed by atoms with van der Waals surface area (Å²) in [6, 6.07) is 8.15. The van der Waals surface area contributed by atoms with Gasteiger partial charge in [-0.15, -0.1) is 0 Å². The van der Waals surface area contributed by atoms with Crippen LogP contribution in [0.2, 0.25) is 0 Å². The molecule has 1 atom stereocenters. The van der Waals surface area contributed by atoms with Crippen LogP contribution in [0.15, 0.2) is 24.3 Å². The lowest BCUT2D eigenvalue weighted by atomic mass is 9.78. The molecule has 1 aliphatic heterocycles. The Kier molecular flexibility index (Phi) is 4.99. The van der Waals surface area contributed by atoms with Gasteiger partial charge in [-0.2, -0.15) is 0 Å². The SMILES string of the molecule is CC(Oc1ccccc1B1OC(C)(C)C(C)(C)O1)C1CCCCC1. The molecule has 24 heavy (non-hydrogen) atoms. The topological polar surface area (TPSA) is 27.7 Å². The molecule has 1 aromatic rings. The second-order valence-electron chi connectivity index (χ2n) is 8.35. The molecule has 0 radical (unpaired) electrons. The molecule has 0 bridgehead atoms. The van der Waals surface area contributed by atoms with E-state index in [0.29, 0.717) is 5.92 Å². The van der Waals surface area contributed by atoms with E-state index in [1.165, 1.54) is 32.1 Å². The maximum absolute atomic E-state index is 6.37. The number of rotatable bonds is 4. The fourth-order valence-electron chi connectivity index (χ4n) is 3.65. The van der Waals surface area contributed by atoms with Crippen LogP contribution in [-0.4, -0.2) is 24.4 Å². The molecule has 1 heterocycles. The third kappa shape index (κ3) is 3.50. The molecule has 0 aromatic heterocycles. The van der Waals surface area contributed by atoms with E-state index >= 15 is 0 Å². The zero-order chi connectivity index (χ0) is 17.4. The Morgan fingerprint density at radius 3 is 2.21 bits per heavy atom. The number of hydrogen-bond acceptors (Lipinski definition) is 3. The highest BCUT2D eigenvalue weighted by Crippen LogP contribution is 2.37. The minimum atomic E-state index is -0.371. The lowest BCUT2D eigenvalue weighted by molar-refractivity contribution is 0.00578. The number of ether oxygens (including phenoxy) is 1. The fraction of sp³-hybridized carbons (Fsp3) is 0.700. The van der Waals surface area contributed by atoms with Crippen LogP contribution < -0.4 is 10.2 Å². The van der Waals surface area contributed by atoms with Gasteiger partial charge in [0.15, 0.2) is 0 Å². The molecule has 4 heteroatoms. The normalized spacial score (nSPS) is 24.8. The van der Waals surface area contributed by atoms with Crippen molar-refractivity contribution in [2.45, 2.75) is 84.0 Å². The first-order valence-corrected chi connectivity index (χ1v) is 9.41. The fourth-order valence-corrected chi connectivity index (χ4v) is 3.65. The molecule has 1 aliphatic carbocycles. The second kappa shape index (κ2) is 6.72. The van der Waals surface area contributed by atoms with Crippen LogP contribution in [0.4, 0.5) is 0 Å². The van der Waals surface area contributed by atoms with E-state index in [4.69, 9.17) is 14.0 Å². The van der Waals surface area contributed by atoms with Gasteiger partial charge in [0, 0.05) is 5.46 Å². The van der Waals surface area contributed by atoms with Crippen LogP contribution in [-0.2, 0) is 9.31 Å². The molecule has 1 aromatic carbocycles. The van der Waals surface area contributed by atoms with Crippen molar-refractivity contribution in [3.63, 3.8) is 0 Å². The monoisotopic (exact) mass is 330 g/mol. The first-order chi connectivity index (χ1) is 11.3. The first-order valence-electron chi connectivity index (χ1n) is 9.41. The smallest absolute Gasteiger partial charge is 0.491 e. The largest absolute Gasteiger partial charge is 0.498 e. The standard InChI is InChI=1S/C20H31BO3/c1-15(16-11-7-6-8-12-16)22-18-14-10-9-13-17(18)21-23-19(2,3)20(4,5)24-21/h9-10,13-16H,6-8,11-12H2,1-5H3. The van der Waals surface area contributed by atoms with Crippen molar-refractivity contribution in [1.29, 1.82) is 0 Å². The summed E-state index contributed by atoms with van der Waals surface area (Å²) >= 11 is 0. The average molecular weight is 330 g/mol. The maximum atomic E-state index is 6.37. The number of para-hydroxylation sites is 1. The zero-order valence-corrected chi connectivity index (χ0v) is 15.8. The van der Waals surface area contributed by atoms with E-state index in [2.05, 4.69) is 40.7 Å². The summed E-state index contributed by atoms with van der Waals surface area (Å²) in [4.78, 5) is 0. The molecule has 3 rings (SSSR count). The summed E-state index contributed by atoms with van der Waals surface area (Å²) < 4.78 is 18.8. The molecular weight excluding hydrogens is 299 g/mol.